The van der Waals surface area contributed by atoms with Crippen LogP contribution in [0.1, 0.15) is 23.7 Å². The molecule has 1 amide bonds. The summed E-state index contributed by atoms with van der Waals surface area (Å²) in [7, 11) is 0. The third-order valence-electron chi connectivity index (χ3n) is 4.70. The summed E-state index contributed by atoms with van der Waals surface area (Å²) in [5.41, 5.74) is 7.86. The molecule has 8 heteroatoms. The molecule has 0 spiro atoms. The van der Waals surface area contributed by atoms with E-state index in [0.29, 0.717) is 43.4 Å². The molecule has 3 N–H and O–H groups in total. The molecule has 1 aliphatic rings. The summed E-state index contributed by atoms with van der Waals surface area (Å²) in [6.07, 6.45) is 0.953. The summed E-state index contributed by atoms with van der Waals surface area (Å²) in [5.74, 6) is 0.824. The number of halogens is 1. The number of benzene rings is 2. The van der Waals surface area contributed by atoms with Crippen LogP contribution < -0.4 is 20.7 Å². The molecular weight excluding hydrogens is 408 g/mol. The first-order chi connectivity index (χ1) is 14.0. The lowest BCUT2D eigenvalue weighted by Gasteiger charge is -2.36. The summed E-state index contributed by atoms with van der Waals surface area (Å²) in [6.45, 7) is 5.43. The summed E-state index contributed by atoms with van der Waals surface area (Å²) >= 11 is 11.3. The fraction of sp³-hybridized carbons (Fsp3) is 0.333. The third kappa shape index (κ3) is 5.52. The molecule has 154 valence electrons. The number of hydrogen-bond donors (Lipinski definition) is 2. The molecule has 1 fully saturated rings. The van der Waals surface area contributed by atoms with Crippen molar-refractivity contribution in [2.75, 3.05) is 43.0 Å². The maximum atomic E-state index is 12.8. The first-order valence-corrected chi connectivity index (χ1v) is 10.4. The van der Waals surface area contributed by atoms with Gasteiger partial charge in [0.25, 0.3) is 5.91 Å². The van der Waals surface area contributed by atoms with Crippen LogP contribution in [0.5, 0.6) is 5.75 Å². The smallest absolute Gasteiger partial charge is 0.253 e. The topological polar surface area (TPSA) is 70.8 Å². The van der Waals surface area contributed by atoms with E-state index in [1.807, 2.05) is 41.3 Å². The second-order valence-corrected chi connectivity index (χ2v) is 7.65. The lowest BCUT2D eigenvalue weighted by Crippen LogP contribution is -2.48. The van der Waals surface area contributed by atoms with E-state index >= 15 is 0 Å². The molecule has 0 radical (unpaired) electrons. The summed E-state index contributed by atoms with van der Waals surface area (Å²) < 4.78 is 5.58. The van der Waals surface area contributed by atoms with Crippen LogP contribution in [0.15, 0.2) is 42.5 Å². The lowest BCUT2D eigenvalue weighted by atomic mass is 10.1. The minimum absolute atomic E-state index is 0.0359. The van der Waals surface area contributed by atoms with Crippen LogP contribution >= 0.6 is 23.8 Å². The van der Waals surface area contributed by atoms with Gasteiger partial charge in [-0.3, -0.25) is 4.79 Å². The van der Waals surface area contributed by atoms with Crippen LogP contribution in [0, 0.1) is 0 Å². The van der Waals surface area contributed by atoms with Gasteiger partial charge in [0.2, 0.25) is 0 Å². The van der Waals surface area contributed by atoms with Crippen molar-refractivity contribution >= 4 is 46.2 Å². The molecule has 3 rings (SSSR count). The summed E-state index contributed by atoms with van der Waals surface area (Å²) in [6, 6.07) is 13.0. The zero-order chi connectivity index (χ0) is 20.8. The molecule has 2 aromatic carbocycles. The van der Waals surface area contributed by atoms with Crippen molar-refractivity contribution in [2.45, 2.75) is 13.3 Å². The number of piperazine rings is 1. The molecule has 0 aromatic heterocycles. The predicted molar refractivity (Wildman–Crippen MR) is 122 cm³/mol. The Kier molecular flexibility index (Phi) is 7.17. The zero-order valence-corrected chi connectivity index (χ0v) is 17.9. The van der Waals surface area contributed by atoms with Gasteiger partial charge in [-0.25, -0.2) is 0 Å². The lowest BCUT2D eigenvalue weighted by molar-refractivity contribution is 0.0747. The SMILES string of the molecule is CCCOc1ccc(C(=O)N2CCN(c3ccc(NC(N)=S)cc3Cl)CC2)cc1. The van der Waals surface area contributed by atoms with Gasteiger partial charge in [-0.05, 0) is 61.1 Å². The van der Waals surface area contributed by atoms with Gasteiger partial charge in [-0.1, -0.05) is 18.5 Å². The molecule has 2 aromatic rings. The standard InChI is InChI=1S/C21H25ClN4O2S/c1-2-13-28-17-6-3-15(4-7-17)20(27)26-11-9-25(10-12-26)19-8-5-16(14-18(19)22)24-21(23)29/h3-8,14H,2,9-13H2,1H3,(H3,23,24,29). The average molecular weight is 433 g/mol. The zero-order valence-electron chi connectivity index (χ0n) is 16.4. The maximum absolute atomic E-state index is 12.8. The number of nitrogens with two attached hydrogens (primary N) is 1. The van der Waals surface area contributed by atoms with Gasteiger partial charge in [-0.15, -0.1) is 0 Å². The Hall–Kier alpha value is -2.51. The largest absolute Gasteiger partial charge is 0.494 e. The Balaban J connectivity index is 1.58. The summed E-state index contributed by atoms with van der Waals surface area (Å²) in [4.78, 5) is 16.8. The number of ether oxygens (including phenoxy) is 1. The van der Waals surface area contributed by atoms with Crippen molar-refractivity contribution in [1.82, 2.24) is 4.90 Å². The van der Waals surface area contributed by atoms with E-state index in [2.05, 4.69) is 17.1 Å². The minimum atomic E-state index is 0.0359. The van der Waals surface area contributed by atoms with E-state index < -0.39 is 0 Å². The first kappa shape index (κ1) is 21.2. The van der Waals surface area contributed by atoms with Crippen molar-refractivity contribution in [1.29, 1.82) is 0 Å². The number of amides is 1. The van der Waals surface area contributed by atoms with Gasteiger partial charge in [0.1, 0.15) is 5.75 Å². The molecule has 29 heavy (non-hydrogen) atoms. The molecule has 0 unspecified atom stereocenters. The fourth-order valence-electron chi connectivity index (χ4n) is 3.23. The quantitative estimate of drug-likeness (QED) is 0.677. The van der Waals surface area contributed by atoms with Gasteiger partial charge in [0.05, 0.1) is 17.3 Å². The van der Waals surface area contributed by atoms with E-state index in [4.69, 9.17) is 34.3 Å². The highest BCUT2D eigenvalue weighted by Crippen LogP contribution is 2.30. The number of nitrogens with one attached hydrogen (secondary N) is 1. The van der Waals surface area contributed by atoms with Gasteiger partial charge >= 0.3 is 0 Å². The highest BCUT2D eigenvalue weighted by molar-refractivity contribution is 7.80. The number of nitrogens with zero attached hydrogens (tertiary/aromatic N) is 2. The molecule has 6 nitrogen and oxygen atoms in total. The van der Waals surface area contributed by atoms with Gasteiger partial charge in [0.15, 0.2) is 5.11 Å². The van der Waals surface area contributed by atoms with Gasteiger partial charge < -0.3 is 25.6 Å². The normalized spacial score (nSPS) is 13.9. The van der Waals surface area contributed by atoms with E-state index in [9.17, 15) is 4.79 Å². The predicted octanol–water partition coefficient (Wildman–Crippen LogP) is 3.75. The molecule has 1 saturated heterocycles. The molecule has 1 aliphatic heterocycles. The highest BCUT2D eigenvalue weighted by atomic mass is 35.5. The van der Waals surface area contributed by atoms with Crippen LogP contribution in [0.2, 0.25) is 5.02 Å². The van der Waals surface area contributed by atoms with Gasteiger partial charge in [-0.2, -0.15) is 0 Å². The number of rotatable bonds is 6. The van der Waals surface area contributed by atoms with E-state index in [1.54, 1.807) is 6.07 Å². The summed E-state index contributed by atoms with van der Waals surface area (Å²) in [5, 5.41) is 3.69. The van der Waals surface area contributed by atoms with E-state index in [-0.39, 0.29) is 11.0 Å². The van der Waals surface area contributed by atoms with Crippen molar-refractivity contribution in [3.8, 4) is 5.75 Å². The second kappa shape index (κ2) is 9.80. The monoisotopic (exact) mass is 432 g/mol. The van der Waals surface area contributed by atoms with Gasteiger partial charge in [0, 0.05) is 37.4 Å². The molecule has 0 bridgehead atoms. The maximum Gasteiger partial charge on any atom is 0.253 e. The van der Waals surface area contributed by atoms with Crippen LogP contribution in [-0.4, -0.2) is 48.7 Å². The van der Waals surface area contributed by atoms with Crippen molar-refractivity contribution in [3.05, 3.63) is 53.1 Å². The van der Waals surface area contributed by atoms with Crippen molar-refractivity contribution < 1.29 is 9.53 Å². The average Bonchev–Trinajstić information content (AvgIpc) is 2.72. The Labute approximate surface area is 181 Å². The Bertz CT molecular complexity index is 867. The molecule has 0 atom stereocenters. The number of hydrogen-bond acceptors (Lipinski definition) is 4. The number of carbonyl (C=O) groups excluding carboxylic acids is 1. The molecule has 1 heterocycles. The number of anilines is 2. The number of thiocarbonyl (C=S) groups is 1. The molecular formula is C21H25ClN4O2S. The minimum Gasteiger partial charge on any atom is -0.494 e. The molecule has 0 aliphatic carbocycles. The van der Waals surface area contributed by atoms with Crippen LogP contribution in [-0.2, 0) is 0 Å². The Morgan fingerprint density at radius 1 is 1.17 bits per heavy atom. The van der Waals surface area contributed by atoms with Crippen LogP contribution in [0.4, 0.5) is 11.4 Å². The molecule has 0 saturated carbocycles. The second-order valence-electron chi connectivity index (χ2n) is 6.81. The van der Waals surface area contributed by atoms with Crippen molar-refractivity contribution in [3.63, 3.8) is 0 Å². The Morgan fingerprint density at radius 3 is 2.45 bits per heavy atom. The van der Waals surface area contributed by atoms with Crippen molar-refractivity contribution in [2.24, 2.45) is 5.73 Å². The number of carbonyl (C=O) groups is 1. The fourth-order valence-corrected chi connectivity index (χ4v) is 3.65. The van der Waals surface area contributed by atoms with E-state index in [1.165, 1.54) is 0 Å². The third-order valence-corrected chi connectivity index (χ3v) is 5.10. The van der Waals surface area contributed by atoms with Crippen LogP contribution in [0.25, 0.3) is 0 Å². The first-order valence-electron chi connectivity index (χ1n) is 9.61. The Morgan fingerprint density at radius 2 is 1.86 bits per heavy atom. The van der Waals surface area contributed by atoms with E-state index in [0.717, 1.165) is 23.5 Å². The van der Waals surface area contributed by atoms with Crippen LogP contribution in [0.3, 0.4) is 0 Å². The highest BCUT2D eigenvalue weighted by Gasteiger charge is 2.23.